The van der Waals surface area contributed by atoms with Crippen molar-refractivity contribution in [3.8, 4) is 0 Å². The third-order valence-electron chi connectivity index (χ3n) is 4.60. The summed E-state index contributed by atoms with van der Waals surface area (Å²) >= 11 is 12.1. The fraction of sp³-hybridized carbons (Fsp3) is 0.190. The van der Waals surface area contributed by atoms with Crippen molar-refractivity contribution in [2.45, 2.75) is 18.8 Å². The van der Waals surface area contributed by atoms with E-state index in [2.05, 4.69) is 22.2 Å². The van der Waals surface area contributed by atoms with Crippen molar-refractivity contribution in [2.24, 2.45) is 0 Å². The number of carbonyl (C=O) groups excluding carboxylic acids is 1. The maximum atomic E-state index is 12.4. The second kappa shape index (κ2) is 8.98. The molecule has 1 N–H and O–H groups in total. The van der Waals surface area contributed by atoms with E-state index in [-0.39, 0.29) is 17.7 Å². The van der Waals surface area contributed by atoms with Gasteiger partial charge in [0.15, 0.2) is 0 Å². The Balaban J connectivity index is 1.82. The maximum Gasteiger partial charge on any atom is 0.254 e. The average molecular weight is 400 g/mol. The van der Waals surface area contributed by atoms with Crippen LogP contribution in [0.25, 0.3) is 0 Å². The predicted octanol–water partition coefficient (Wildman–Crippen LogP) is 5.10. The number of carbonyl (C=O) groups is 1. The van der Waals surface area contributed by atoms with Crippen molar-refractivity contribution in [1.82, 2.24) is 15.3 Å². The van der Waals surface area contributed by atoms with E-state index in [0.29, 0.717) is 22.2 Å². The fourth-order valence-corrected chi connectivity index (χ4v) is 3.26. The van der Waals surface area contributed by atoms with Gasteiger partial charge in [-0.1, -0.05) is 54.4 Å². The quantitative estimate of drug-likeness (QED) is 0.626. The van der Waals surface area contributed by atoms with E-state index in [1.165, 1.54) is 18.7 Å². The molecule has 0 aliphatic rings. The van der Waals surface area contributed by atoms with Gasteiger partial charge in [0, 0.05) is 34.9 Å². The van der Waals surface area contributed by atoms with Crippen LogP contribution in [-0.4, -0.2) is 22.4 Å². The van der Waals surface area contributed by atoms with Gasteiger partial charge in [0.05, 0.1) is 5.56 Å². The van der Waals surface area contributed by atoms with Crippen molar-refractivity contribution in [1.29, 1.82) is 0 Å². The number of benzene rings is 2. The third-order valence-corrected chi connectivity index (χ3v) is 5.11. The van der Waals surface area contributed by atoms with Crippen LogP contribution in [0.4, 0.5) is 0 Å². The summed E-state index contributed by atoms with van der Waals surface area (Å²) in [5, 5.41) is 4.38. The lowest BCUT2D eigenvalue weighted by atomic mass is 9.82. The zero-order chi connectivity index (χ0) is 19.2. The highest BCUT2D eigenvalue weighted by molar-refractivity contribution is 6.30. The average Bonchev–Trinajstić information content (AvgIpc) is 2.70. The molecule has 3 rings (SSSR count). The Kier molecular flexibility index (Phi) is 6.43. The van der Waals surface area contributed by atoms with Crippen LogP contribution in [0.3, 0.4) is 0 Å². The van der Waals surface area contributed by atoms with E-state index >= 15 is 0 Å². The molecule has 1 amide bonds. The van der Waals surface area contributed by atoms with Gasteiger partial charge in [-0.05, 0) is 41.3 Å². The molecule has 0 saturated carbocycles. The third kappa shape index (κ3) is 5.06. The Labute approximate surface area is 168 Å². The Hall–Kier alpha value is -2.43. The number of hydrogen-bond acceptors (Lipinski definition) is 3. The minimum atomic E-state index is -0.196. The van der Waals surface area contributed by atoms with Crippen LogP contribution in [0.1, 0.15) is 40.2 Å². The molecule has 0 bridgehead atoms. The molecule has 6 heteroatoms. The van der Waals surface area contributed by atoms with Gasteiger partial charge < -0.3 is 5.32 Å². The van der Waals surface area contributed by atoms with Crippen LogP contribution in [0.5, 0.6) is 0 Å². The smallest absolute Gasteiger partial charge is 0.254 e. The van der Waals surface area contributed by atoms with Gasteiger partial charge in [-0.15, -0.1) is 0 Å². The Bertz CT molecular complexity index is 884. The predicted molar refractivity (Wildman–Crippen MR) is 108 cm³/mol. The first-order valence-electron chi connectivity index (χ1n) is 8.58. The van der Waals surface area contributed by atoms with Crippen molar-refractivity contribution >= 4 is 29.1 Å². The monoisotopic (exact) mass is 399 g/mol. The number of rotatable bonds is 6. The lowest BCUT2D eigenvalue weighted by Crippen LogP contribution is -2.30. The summed E-state index contributed by atoms with van der Waals surface area (Å²) in [5.74, 6) is 0.0330. The molecule has 0 aliphatic carbocycles. The van der Waals surface area contributed by atoms with Gasteiger partial charge in [0.1, 0.15) is 6.33 Å². The van der Waals surface area contributed by atoms with Gasteiger partial charge in [-0.25, -0.2) is 9.97 Å². The van der Waals surface area contributed by atoms with Crippen molar-refractivity contribution < 1.29 is 4.79 Å². The summed E-state index contributed by atoms with van der Waals surface area (Å²) in [6.07, 6.45) is 4.40. The van der Waals surface area contributed by atoms with Crippen molar-refractivity contribution in [3.05, 3.63) is 94.0 Å². The molecule has 3 aromatic rings. The first kappa shape index (κ1) is 19.3. The number of amides is 1. The zero-order valence-electron chi connectivity index (χ0n) is 14.8. The van der Waals surface area contributed by atoms with Gasteiger partial charge in [-0.3, -0.25) is 4.79 Å². The number of nitrogens with one attached hydrogen (secondary N) is 1. The summed E-state index contributed by atoms with van der Waals surface area (Å²) in [6.45, 7) is 2.61. The standard InChI is InChI=1S/C21H19Cl2N3O/c1-14(15-2-6-18(22)7-3-15)20(16-4-8-19(23)9-5-16)12-26-21(27)17-10-24-13-25-11-17/h2-11,13-14,20H,12H2,1H3,(H,26,27). The van der Waals surface area contributed by atoms with Crippen molar-refractivity contribution in [3.63, 3.8) is 0 Å². The molecular formula is C21H19Cl2N3O. The maximum absolute atomic E-state index is 12.4. The number of nitrogens with zero attached hydrogens (tertiary/aromatic N) is 2. The molecule has 1 heterocycles. The SMILES string of the molecule is CC(c1ccc(Cl)cc1)C(CNC(=O)c1cncnc1)c1ccc(Cl)cc1. The summed E-state index contributed by atoms with van der Waals surface area (Å²) in [6, 6.07) is 15.5. The van der Waals surface area contributed by atoms with E-state index < -0.39 is 0 Å². The molecule has 138 valence electrons. The highest BCUT2D eigenvalue weighted by Crippen LogP contribution is 2.33. The topological polar surface area (TPSA) is 54.9 Å². The molecule has 2 aromatic carbocycles. The fourth-order valence-electron chi connectivity index (χ4n) is 3.01. The van der Waals surface area contributed by atoms with Crippen LogP contribution < -0.4 is 5.32 Å². The van der Waals surface area contributed by atoms with Gasteiger partial charge in [-0.2, -0.15) is 0 Å². The van der Waals surface area contributed by atoms with E-state index in [0.717, 1.165) is 11.1 Å². The second-order valence-electron chi connectivity index (χ2n) is 6.34. The van der Waals surface area contributed by atoms with Crippen LogP contribution in [0, 0.1) is 0 Å². The lowest BCUT2D eigenvalue weighted by Gasteiger charge is -2.25. The van der Waals surface area contributed by atoms with E-state index in [1.54, 1.807) is 0 Å². The first-order chi connectivity index (χ1) is 13.0. The minimum absolute atomic E-state index is 0.0667. The summed E-state index contributed by atoms with van der Waals surface area (Å²) in [4.78, 5) is 20.2. The molecule has 0 radical (unpaired) electrons. The van der Waals surface area contributed by atoms with Crippen molar-refractivity contribution in [2.75, 3.05) is 6.54 Å². The molecular weight excluding hydrogens is 381 g/mol. The van der Waals surface area contributed by atoms with Crippen LogP contribution in [0.15, 0.2) is 67.3 Å². The molecule has 0 aliphatic heterocycles. The molecule has 27 heavy (non-hydrogen) atoms. The summed E-state index contributed by atoms with van der Waals surface area (Å²) in [7, 11) is 0. The first-order valence-corrected chi connectivity index (χ1v) is 9.34. The normalized spacial score (nSPS) is 13.0. The van der Waals surface area contributed by atoms with Gasteiger partial charge in [0.25, 0.3) is 5.91 Å². The van der Waals surface area contributed by atoms with Crippen LogP contribution >= 0.6 is 23.2 Å². The van der Waals surface area contributed by atoms with E-state index in [1.807, 2.05) is 48.5 Å². The number of hydrogen-bond donors (Lipinski definition) is 1. The van der Waals surface area contributed by atoms with Crippen LogP contribution in [0.2, 0.25) is 10.0 Å². The van der Waals surface area contributed by atoms with Gasteiger partial charge in [0.2, 0.25) is 0 Å². The van der Waals surface area contributed by atoms with Gasteiger partial charge >= 0.3 is 0 Å². The van der Waals surface area contributed by atoms with Crippen LogP contribution in [-0.2, 0) is 0 Å². The minimum Gasteiger partial charge on any atom is -0.351 e. The molecule has 4 nitrogen and oxygen atoms in total. The van der Waals surface area contributed by atoms with E-state index in [4.69, 9.17) is 23.2 Å². The van der Waals surface area contributed by atoms with E-state index in [9.17, 15) is 4.79 Å². The Morgan fingerprint density at radius 3 is 2.00 bits per heavy atom. The molecule has 2 atom stereocenters. The molecule has 2 unspecified atom stereocenters. The molecule has 1 aromatic heterocycles. The molecule has 0 fully saturated rings. The highest BCUT2D eigenvalue weighted by atomic mass is 35.5. The Morgan fingerprint density at radius 1 is 0.926 bits per heavy atom. The summed E-state index contributed by atoms with van der Waals surface area (Å²) < 4.78 is 0. The number of halogens is 2. The zero-order valence-corrected chi connectivity index (χ0v) is 16.3. The molecule has 0 saturated heterocycles. The second-order valence-corrected chi connectivity index (χ2v) is 7.21. The largest absolute Gasteiger partial charge is 0.351 e. The summed E-state index contributed by atoms with van der Waals surface area (Å²) in [5.41, 5.74) is 2.69. The lowest BCUT2D eigenvalue weighted by molar-refractivity contribution is 0.0949. The molecule has 0 spiro atoms. The Morgan fingerprint density at radius 2 is 1.44 bits per heavy atom. The number of aromatic nitrogens is 2. The highest BCUT2D eigenvalue weighted by Gasteiger charge is 2.22.